The average molecular weight is 301 g/mol. The van der Waals surface area contributed by atoms with E-state index in [0.29, 0.717) is 10.9 Å². The Labute approximate surface area is 105 Å². The van der Waals surface area contributed by atoms with Gasteiger partial charge in [0, 0.05) is 17.0 Å². The quantitative estimate of drug-likeness (QED) is 0.707. The molecule has 0 fully saturated rings. The summed E-state index contributed by atoms with van der Waals surface area (Å²) in [6, 6.07) is 7.74. The second-order valence-electron chi connectivity index (χ2n) is 3.57. The molecule has 0 saturated carbocycles. The highest BCUT2D eigenvalue weighted by Gasteiger charge is 2.10. The predicted molar refractivity (Wildman–Crippen MR) is 64.4 cm³/mol. The first-order valence-corrected chi connectivity index (χ1v) is 6.04. The van der Waals surface area contributed by atoms with E-state index in [9.17, 15) is 13.2 Å². The van der Waals surface area contributed by atoms with Gasteiger partial charge < -0.3 is 0 Å². The van der Waals surface area contributed by atoms with Gasteiger partial charge >= 0.3 is 0 Å². The van der Waals surface area contributed by atoms with E-state index in [0.717, 1.165) is 18.2 Å². The van der Waals surface area contributed by atoms with E-state index in [1.165, 1.54) is 6.07 Å². The molecule has 0 atom stereocenters. The molecule has 88 valence electrons. The zero-order chi connectivity index (χ0) is 12.4. The smallest absolute Gasteiger partial charge is 0.135 e. The number of alkyl halides is 1. The zero-order valence-corrected chi connectivity index (χ0v) is 10.3. The van der Waals surface area contributed by atoms with Crippen LogP contribution in [0.5, 0.6) is 0 Å². The van der Waals surface area contributed by atoms with Gasteiger partial charge in [0.2, 0.25) is 0 Å². The van der Waals surface area contributed by atoms with Crippen molar-refractivity contribution >= 4 is 15.9 Å². The van der Waals surface area contributed by atoms with Crippen LogP contribution in [-0.4, -0.2) is 0 Å². The first-order valence-electron chi connectivity index (χ1n) is 4.91. The van der Waals surface area contributed by atoms with Crippen LogP contribution in [0.25, 0.3) is 11.1 Å². The van der Waals surface area contributed by atoms with Crippen LogP contribution in [0.3, 0.4) is 0 Å². The maximum atomic E-state index is 13.9. The van der Waals surface area contributed by atoms with E-state index >= 15 is 0 Å². The standard InChI is InChI=1S/C13H8BrF3/c14-7-8-2-1-3-12(13(8)17)9-4-10(15)6-11(16)5-9/h1-6H,7H2. The van der Waals surface area contributed by atoms with Gasteiger partial charge in [-0.1, -0.05) is 34.1 Å². The van der Waals surface area contributed by atoms with Crippen molar-refractivity contribution < 1.29 is 13.2 Å². The summed E-state index contributed by atoms with van der Waals surface area (Å²) >= 11 is 3.16. The molecule has 17 heavy (non-hydrogen) atoms. The minimum absolute atomic E-state index is 0.195. The molecular formula is C13H8BrF3. The summed E-state index contributed by atoms with van der Waals surface area (Å²) in [4.78, 5) is 0. The molecule has 0 aliphatic carbocycles. The van der Waals surface area contributed by atoms with Crippen molar-refractivity contribution in [3.05, 3.63) is 59.4 Å². The van der Waals surface area contributed by atoms with Gasteiger partial charge in [-0.25, -0.2) is 13.2 Å². The molecule has 0 saturated heterocycles. The minimum Gasteiger partial charge on any atom is -0.207 e. The SMILES string of the molecule is Fc1cc(F)cc(-c2cccc(CBr)c2F)c1. The van der Waals surface area contributed by atoms with Gasteiger partial charge in [-0.05, 0) is 23.3 Å². The van der Waals surface area contributed by atoms with Crippen molar-refractivity contribution in [3.63, 3.8) is 0 Å². The van der Waals surface area contributed by atoms with Crippen LogP contribution in [0.15, 0.2) is 36.4 Å². The molecule has 0 N–H and O–H groups in total. The number of hydrogen-bond donors (Lipinski definition) is 0. The van der Waals surface area contributed by atoms with Gasteiger partial charge in [0.05, 0.1) is 0 Å². The van der Waals surface area contributed by atoms with Crippen LogP contribution in [0.2, 0.25) is 0 Å². The van der Waals surface area contributed by atoms with Crippen LogP contribution in [-0.2, 0) is 5.33 Å². The lowest BCUT2D eigenvalue weighted by atomic mass is 10.0. The van der Waals surface area contributed by atoms with Crippen LogP contribution < -0.4 is 0 Å². The first kappa shape index (κ1) is 12.2. The Morgan fingerprint density at radius 2 is 1.59 bits per heavy atom. The van der Waals surface area contributed by atoms with Gasteiger partial charge in [0.15, 0.2) is 0 Å². The Morgan fingerprint density at radius 3 is 2.18 bits per heavy atom. The summed E-state index contributed by atoms with van der Waals surface area (Å²) in [7, 11) is 0. The Morgan fingerprint density at radius 1 is 0.941 bits per heavy atom. The Bertz CT molecular complexity index is 532. The van der Waals surface area contributed by atoms with Crippen molar-refractivity contribution in [2.24, 2.45) is 0 Å². The second-order valence-corrected chi connectivity index (χ2v) is 4.13. The molecule has 2 rings (SSSR count). The van der Waals surface area contributed by atoms with Crippen molar-refractivity contribution in [2.45, 2.75) is 5.33 Å². The topological polar surface area (TPSA) is 0 Å². The third-order valence-corrected chi connectivity index (χ3v) is 3.00. The highest BCUT2D eigenvalue weighted by molar-refractivity contribution is 9.08. The lowest BCUT2D eigenvalue weighted by molar-refractivity contribution is 0.583. The third-order valence-electron chi connectivity index (χ3n) is 2.40. The van der Waals surface area contributed by atoms with Gasteiger partial charge in [-0.2, -0.15) is 0 Å². The van der Waals surface area contributed by atoms with Crippen LogP contribution in [0, 0.1) is 17.5 Å². The fourth-order valence-electron chi connectivity index (χ4n) is 1.62. The van der Waals surface area contributed by atoms with Gasteiger partial charge in [-0.15, -0.1) is 0 Å². The molecule has 2 aromatic rings. The van der Waals surface area contributed by atoms with Crippen LogP contribution in [0.4, 0.5) is 13.2 Å². The molecule has 0 radical (unpaired) electrons. The Balaban J connectivity index is 2.60. The molecule has 0 heterocycles. The van der Waals surface area contributed by atoms with Crippen molar-refractivity contribution in [1.82, 2.24) is 0 Å². The van der Waals surface area contributed by atoms with Gasteiger partial charge in [-0.3, -0.25) is 0 Å². The average Bonchev–Trinajstić information content (AvgIpc) is 2.28. The summed E-state index contributed by atoms with van der Waals surface area (Å²) in [5, 5.41) is 0.352. The molecule has 2 aromatic carbocycles. The lowest BCUT2D eigenvalue weighted by Crippen LogP contribution is -1.92. The number of rotatable bonds is 2. The summed E-state index contributed by atoms with van der Waals surface area (Å²) in [6.07, 6.45) is 0. The molecule has 0 aliphatic rings. The van der Waals surface area contributed by atoms with Crippen molar-refractivity contribution in [2.75, 3.05) is 0 Å². The third kappa shape index (κ3) is 2.52. The van der Waals surface area contributed by atoms with E-state index < -0.39 is 17.5 Å². The zero-order valence-electron chi connectivity index (χ0n) is 8.68. The maximum absolute atomic E-state index is 13.9. The lowest BCUT2D eigenvalue weighted by Gasteiger charge is -2.07. The summed E-state index contributed by atoms with van der Waals surface area (Å²) < 4.78 is 40.1. The van der Waals surface area contributed by atoms with Crippen molar-refractivity contribution in [1.29, 1.82) is 0 Å². The highest BCUT2D eigenvalue weighted by atomic mass is 79.9. The molecule has 4 heteroatoms. The molecule has 0 bridgehead atoms. The maximum Gasteiger partial charge on any atom is 0.135 e. The molecule has 0 unspecified atom stereocenters. The Kier molecular flexibility index (Phi) is 3.52. The summed E-state index contributed by atoms with van der Waals surface area (Å²) in [5.41, 5.74) is 0.843. The van der Waals surface area contributed by atoms with Crippen LogP contribution in [0.1, 0.15) is 5.56 Å². The van der Waals surface area contributed by atoms with E-state index in [1.807, 2.05) is 0 Å². The molecule has 0 aromatic heterocycles. The summed E-state index contributed by atoms with van der Waals surface area (Å²) in [6.45, 7) is 0. The minimum atomic E-state index is -0.719. The fraction of sp³-hybridized carbons (Fsp3) is 0.0769. The highest BCUT2D eigenvalue weighted by Crippen LogP contribution is 2.27. The number of hydrogen-bond acceptors (Lipinski definition) is 0. The first-order chi connectivity index (χ1) is 8.11. The second kappa shape index (κ2) is 4.92. The van der Waals surface area contributed by atoms with E-state index in [-0.39, 0.29) is 11.1 Å². The fourth-order valence-corrected chi connectivity index (χ4v) is 2.05. The molecular weight excluding hydrogens is 293 g/mol. The largest absolute Gasteiger partial charge is 0.207 e. The monoisotopic (exact) mass is 300 g/mol. The Hall–Kier alpha value is -1.29. The molecule has 0 amide bonds. The van der Waals surface area contributed by atoms with Crippen molar-refractivity contribution in [3.8, 4) is 11.1 Å². The van der Waals surface area contributed by atoms with Gasteiger partial charge in [0.1, 0.15) is 17.5 Å². The number of halogens is 4. The van der Waals surface area contributed by atoms with Crippen LogP contribution >= 0.6 is 15.9 Å². The summed E-state index contributed by atoms with van der Waals surface area (Å²) in [5.74, 6) is -1.90. The van der Waals surface area contributed by atoms with E-state index in [4.69, 9.17) is 0 Å². The molecule has 0 nitrogen and oxygen atoms in total. The molecule has 0 aliphatic heterocycles. The van der Waals surface area contributed by atoms with E-state index in [1.54, 1.807) is 12.1 Å². The normalized spacial score (nSPS) is 10.6. The van der Waals surface area contributed by atoms with Gasteiger partial charge in [0.25, 0.3) is 0 Å². The molecule has 0 spiro atoms. The van der Waals surface area contributed by atoms with E-state index in [2.05, 4.69) is 15.9 Å². The number of benzene rings is 2. The predicted octanol–water partition coefficient (Wildman–Crippen LogP) is 4.67.